The van der Waals surface area contributed by atoms with Crippen molar-refractivity contribution in [3.8, 4) is 11.6 Å². The molecule has 1 heterocycles. The standard InChI is InChI=1S/C13H13F2N3O2/c1-16-10-6-12(18-11(17-10)7-19-2)20-9-5-3-4-8(14)13(9)15/h3-6H,7H2,1-2H3,(H,16,17,18). The maximum Gasteiger partial charge on any atom is 0.224 e. The molecule has 0 fully saturated rings. The highest BCUT2D eigenvalue weighted by Crippen LogP contribution is 2.25. The average Bonchev–Trinajstić information content (AvgIpc) is 2.44. The Morgan fingerprint density at radius 3 is 2.75 bits per heavy atom. The highest BCUT2D eigenvalue weighted by atomic mass is 19.2. The number of ether oxygens (including phenoxy) is 2. The van der Waals surface area contributed by atoms with E-state index in [4.69, 9.17) is 9.47 Å². The second kappa shape index (κ2) is 6.25. The predicted octanol–water partition coefficient (Wildman–Crippen LogP) is 2.74. The molecular weight excluding hydrogens is 268 g/mol. The molecule has 0 radical (unpaired) electrons. The zero-order valence-corrected chi connectivity index (χ0v) is 11.0. The molecule has 2 rings (SSSR count). The van der Waals surface area contributed by atoms with Crippen LogP contribution in [0.3, 0.4) is 0 Å². The smallest absolute Gasteiger partial charge is 0.224 e. The van der Waals surface area contributed by atoms with Crippen molar-refractivity contribution in [3.05, 3.63) is 41.7 Å². The van der Waals surface area contributed by atoms with Crippen LogP contribution in [0.25, 0.3) is 0 Å². The second-order valence-electron chi connectivity index (χ2n) is 3.84. The van der Waals surface area contributed by atoms with Gasteiger partial charge in [-0.15, -0.1) is 0 Å². The molecule has 0 spiro atoms. The number of methoxy groups -OCH3 is 1. The lowest BCUT2D eigenvalue weighted by Crippen LogP contribution is -2.03. The molecule has 0 unspecified atom stereocenters. The summed E-state index contributed by atoms with van der Waals surface area (Å²) < 4.78 is 36.8. The van der Waals surface area contributed by atoms with E-state index in [9.17, 15) is 8.78 Å². The van der Waals surface area contributed by atoms with E-state index in [1.54, 1.807) is 7.05 Å². The molecule has 0 aliphatic rings. The van der Waals surface area contributed by atoms with E-state index < -0.39 is 11.6 Å². The minimum Gasteiger partial charge on any atom is -0.436 e. The Labute approximate surface area is 114 Å². The van der Waals surface area contributed by atoms with E-state index in [0.717, 1.165) is 6.07 Å². The fourth-order valence-corrected chi connectivity index (χ4v) is 1.52. The fraction of sp³-hybridized carbons (Fsp3) is 0.231. The third-order valence-corrected chi connectivity index (χ3v) is 2.41. The molecule has 0 aliphatic heterocycles. The molecule has 2 aromatic rings. The molecule has 1 aromatic heterocycles. The van der Waals surface area contributed by atoms with Gasteiger partial charge in [-0.2, -0.15) is 9.37 Å². The topological polar surface area (TPSA) is 56.3 Å². The average molecular weight is 281 g/mol. The number of nitrogens with zero attached hydrogens (tertiary/aromatic N) is 2. The maximum atomic E-state index is 13.5. The number of nitrogens with one attached hydrogen (secondary N) is 1. The lowest BCUT2D eigenvalue weighted by Gasteiger charge is -2.09. The van der Waals surface area contributed by atoms with Crippen LogP contribution in [0.1, 0.15) is 5.82 Å². The second-order valence-corrected chi connectivity index (χ2v) is 3.84. The van der Waals surface area contributed by atoms with Gasteiger partial charge in [0.05, 0.1) is 0 Å². The Morgan fingerprint density at radius 1 is 1.25 bits per heavy atom. The van der Waals surface area contributed by atoms with Crippen LogP contribution >= 0.6 is 0 Å². The van der Waals surface area contributed by atoms with E-state index in [2.05, 4.69) is 15.3 Å². The molecule has 5 nitrogen and oxygen atoms in total. The van der Waals surface area contributed by atoms with Crippen LogP contribution in [0.2, 0.25) is 0 Å². The number of halogens is 2. The highest BCUT2D eigenvalue weighted by Gasteiger charge is 2.12. The van der Waals surface area contributed by atoms with E-state index in [-0.39, 0.29) is 18.2 Å². The Balaban J connectivity index is 2.32. The molecule has 1 aromatic carbocycles. The first-order valence-electron chi connectivity index (χ1n) is 5.80. The van der Waals surface area contributed by atoms with Gasteiger partial charge < -0.3 is 14.8 Å². The summed E-state index contributed by atoms with van der Waals surface area (Å²) in [5, 5.41) is 2.82. The van der Waals surface area contributed by atoms with Crippen LogP contribution in [0.5, 0.6) is 11.6 Å². The summed E-state index contributed by atoms with van der Waals surface area (Å²) in [6.07, 6.45) is 0. The van der Waals surface area contributed by atoms with Crippen molar-refractivity contribution in [3.63, 3.8) is 0 Å². The third-order valence-electron chi connectivity index (χ3n) is 2.41. The third kappa shape index (κ3) is 3.18. The minimum absolute atomic E-state index is 0.0981. The molecule has 1 N–H and O–H groups in total. The van der Waals surface area contributed by atoms with Crippen molar-refractivity contribution in [2.24, 2.45) is 0 Å². The van der Waals surface area contributed by atoms with E-state index in [0.29, 0.717) is 11.6 Å². The van der Waals surface area contributed by atoms with Gasteiger partial charge in [-0.3, -0.25) is 0 Å². The Morgan fingerprint density at radius 2 is 2.05 bits per heavy atom. The molecule has 0 aliphatic carbocycles. The summed E-state index contributed by atoms with van der Waals surface area (Å²) >= 11 is 0. The molecule has 0 bridgehead atoms. The molecule has 0 saturated carbocycles. The van der Waals surface area contributed by atoms with Gasteiger partial charge >= 0.3 is 0 Å². The normalized spacial score (nSPS) is 10.4. The quantitative estimate of drug-likeness (QED) is 0.913. The summed E-state index contributed by atoms with van der Waals surface area (Å²) in [7, 11) is 3.17. The predicted molar refractivity (Wildman–Crippen MR) is 68.7 cm³/mol. The first-order valence-corrected chi connectivity index (χ1v) is 5.80. The minimum atomic E-state index is -1.06. The van der Waals surface area contributed by atoms with E-state index in [1.165, 1.54) is 25.3 Å². The number of rotatable bonds is 5. The monoisotopic (exact) mass is 281 g/mol. The van der Waals surface area contributed by atoms with E-state index in [1.807, 2.05) is 0 Å². The van der Waals surface area contributed by atoms with Gasteiger partial charge in [0.2, 0.25) is 11.7 Å². The van der Waals surface area contributed by atoms with Crippen LogP contribution in [-0.2, 0) is 11.3 Å². The van der Waals surface area contributed by atoms with Gasteiger partial charge in [0.25, 0.3) is 0 Å². The molecular formula is C13H13F2N3O2. The van der Waals surface area contributed by atoms with Gasteiger partial charge in [-0.1, -0.05) is 6.07 Å². The number of benzene rings is 1. The van der Waals surface area contributed by atoms with Gasteiger partial charge in [-0.25, -0.2) is 9.37 Å². The molecule has 0 atom stereocenters. The van der Waals surface area contributed by atoms with Crippen LogP contribution in [0.4, 0.5) is 14.6 Å². The lowest BCUT2D eigenvalue weighted by atomic mass is 10.3. The zero-order valence-electron chi connectivity index (χ0n) is 11.0. The molecule has 7 heteroatoms. The fourth-order valence-electron chi connectivity index (χ4n) is 1.52. The van der Waals surface area contributed by atoms with Crippen molar-refractivity contribution in [1.82, 2.24) is 9.97 Å². The maximum absolute atomic E-state index is 13.5. The van der Waals surface area contributed by atoms with Crippen molar-refractivity contribution < 1.29 is 18.3 Å². The lowest BCUT2D eigenvalue weighted by molar-refractivity contribution is 0.177. The summed E-state index contributed by atoms with van der Waals surface area (Å²) in [4.78, 5) is 8.18. The first kappa shape index (κ1) is 14.1. The van der Waals surface area contributed by atoms with Crippen molar-refractivity contribution in [1.29, 1.82) is 0 Å². The Kier molecular flexibility index (Phi) is 4.41. The number of aromatic nitrogens is 2. The van der Waals surface area contributed by atoms with Crippen molar-refractivity contribution >= 4 is 5.82 Å². The van der Waals surface area contributed by atoms with E-state index >= 15 is 0 Å². The van der Waals surface area contributed by atoms with Crippen LogP contribution in [0.15, 0.2) is 24.3 Å². The summed E-state index contributed by atoms with van der Waals surface area (Å²) in [6.45, 7) is 0.178. The summed E-state index contributed by atoms with van der Waals surface area (Å²) in [6, 6.07) is 5.15. The first-order chi connectivity index (χ1) is 9.63. The van der Waals surface area contributed by atoms with Crippen LogP contribution < -0.4 is 10.1 Å². The summed E-state index contributed by atoms with van der Waals surface area (Å²) in [5.74, 6) is -1.34. The summed E-state index contributed by atoms with van der Waals surface area (Å²) in [5.41, 5.74) is 0. The van der Waals surface area contributed by atoms with Crippen molar-refractivity contribution in [2.45, 2.75) is 6.61 Å². The highest BCUT2D eigenvalue weighted by molar-refractivity contribution is 5.39. The Hall–Kier alpha value is -2.28. The number of hydrogen-bond acceptors (Lipinski definition) is 5. The number of anilines is 1. The molecule has 0 amide bonds. The molecule has 106 valence electrons. The van der Waals surface area contributed by atoms with Gasteiger partial charge in [0.15, 0.2) is 17.4 Å². The van der Waals surface area contributed by atoms with Crippen LogP contribution in [0, 0.1) is 11.6 Å². The SMILES string of the molecule is CNc1cc(Oc2cccc(F)c2F)nc(COC)n1. The zero-order chi connectivity index (χ0) is 14.5. The van der Waals surface area contributed by atoms with Crippen LogP contribution in [-0.4, -0.2) is 24.1 Å². The molecule has 20 heavy (non-hydrogen) atoms. The van der Waals surface area contributed by atoms with Crippen molar-refractivity contribution in [2.75, 3.05) is 19.5 Å². The van der Waals surface area contributed by atoms with Gasteiger partial charge in [0.1, 0.15) is 12.4 Å². The van der Waals surface area contributed by atoms with Gasteiger partial charge in [0, 0.05) is 20.2 Å². The van der Waals surface area contributed by atoms with Gasteiger partial charge in [-0.05, 0) is 12.1 Å². The number of hydrogen-bond donors (Lipinski definition) is 1. The molecule has 0 saturated heterocycles. The largest absolute Gasteiger partial charge is 0.436 e. The Bertz CT molecular complexity index is 608.